The van der Waals surface area contributed by atoms with Crippen molar-refractivity contribution in [3.05, 3.63) is 105 Å². The fourth-order valence-corrected chi connectivity index (χ4v) is 8.37. The molecule has 2 aromatic carbocycles. The number of aryl methyl sites for hydroxylation is 2. The SMILES string of the molecule is CCn1c(-c2cccnc2C(C)C)c(CC(C)(C)CO)c2cc(Br)ccc21.CCn1c(-c2cccnc2C(C)C)c(CC(C)(C)CO)c2cc(Br)ccc21. The minimum atomic E-state index is -0.190. The molecule has 54 heavy (non-hydrogen) atoms. The molecule has 0 radical (unpaired) electrons. The maximum atomic E-state index is 9.92. The van der Waals surface area contributed by atoms with Crippen molar-refractivity contribution in [2.45, 2.75) is 107 Å². The molecule has 0 aliphatic carbocycles. The summed E-state index contributed by atoms with van der Waals surface area (Å²) >= 11 is 7.28. The van der Waals surface area contributed by atoms with E-state index in [2.05, 4.69) is 159 Å². The molecule has 6 nitrogen and oxygen atoms in total. The first-order valence-electron chi connectivity index (χ1n) is 19.3. The Morgan fingerprint density at radius 1 is 0.611 bits per heavy atom. The van der Waals surface area contributed by atoms with E-state index in [1.807, 2.05) is 24.5 Å². The summed E-state index contributed by atoms with van der Waals surface area (Å²) in [6.07, 6.45) is 5.38. The molecule has 0 amide bonds. The fourth-order valence-electron chi connectivity index (χ4n) is 7.65. The summed E-state index contributed by atoms with van der Waals surface area (Å²) in [4.78, 5) is 9.41. The topological polar surface area (TPSA) is 76.1 Å². The number of nitrogens with zero attached hydrogens (tertiary/aromatic N) is 4. The molecule has 0 unspecified atom stereocenters. The van der Waals surface area contributed by atoms with Crippen molar-refractivity contribution in [2.24, 2.45) is 10.8 Å². The monoisotopic (exact) mass is 856 g/mol. The Bertz CT molecular complexity index is 2070. The second-order valence-electron chi connectivity index (χ2n) is 16.6. The number of aliphatic hydroxyl groups is 2. The highest BCUT2D eigenvalue weighted by Crippen LogP contribution is 2.42. The van der Waals surface area contributed by atoms with Crippen LogP contribution >= 0.6 is 31.9 Å². The maximum absolute atomic E-state index is 9.92. The van der Waals surface area contributed by atoms with E-state index in [4.69, 9.17) is 9.97 Å². The molecule has 0 aliphatic rings. The molecule has 4 aromatic heterocycles. The van der Waals surface area contributed by atoms with Gasteiger partial charge in [0.05, 0.1) is 22.8 Å². The zero-order chi connectivity index (χ0) is 39.5. The van der Waals surface area contributed by atoms with Crippen LogP contribution in [0.1, 0.15) is 104 Å². The third kappa shape index (κ3) is 8.72. The maximum Gasteiger partial charge on any atom is 0.0542 e. The standard InChI is InChI=1S/2C23H29BrN2O/c2*1-6-26-20-10-9-16(24)12-18(20)19(13-23(4,5)14-27)22(26)17-8-7-11-25-21(17)15(2)3/h2*7-12,15,27H,6,13-14H2,1-5H3. The predicted octanol–water partition coefficient (Wildman–Crippen LogP) is 12.3. The van der Waals surface area contributed by atoms with Gasteiger partial charge in [-0.1, -0.05) is 87.2 Å². The fraction of sp³-hybridized carbons (Fsp3) is 0.435. The normalized spacial score (nSPS) is 12.3. The highest BCUT2D eigenvalue weighted by Gasteiger charge is 2.28. The van der Waals surface area contributed by atoms with Crippen LogP contribution in [0.25, 0.3) is 44.3 Å². The lowest BCUT2D eigenvalue weighted by Gasteiger charge is -2.23. The van der Waals surface area contributed by atoms with E-state index in [0.717, 1.165) is 46.3 Å². The highest BCUT2D eigenvalue weighted by atomic mass is 79.9. The van der Waals surface area contributed by atoms with Crippen molar-refractivity contribution in [3.63, 3.8) is 0 Å². The average molecular weight is 859 g/mol. The second-order valence-corrected chi connectivity index (χ2v) is 18.5. The summed E-state index contributed by atoms with van der Waals surface area (Å²) < 4.78 is 6.95. The van der Waals surface area contributed by atoms with E-state index in [1.165, 1.54) is 55.4 Å². The number of aromatic nitrogens is 4. The minimum Gasteiger partial charge on any atom is -0.396 e. The van der Waals surface area contributed by atoms with Crippen LogP contribution in [-0.2, 0) is 25.9 Å². The Morgan fingerprint density at radius 2 is 0.981 bits per heavy atom. The molecule has 0 saturated heterocycles. The highest BCUT2D eigenvalue weighted by molar-refractivity contribution is 9.10. The zero-order valence-corrected chi connectivity index (χ0v) is 36.9. The van der Waals surface area contributed by atoms with Gasteiger partial charge in [0.1, 0.15) is 0 Å². The van der Waals surface area contributed by atoms with Gasteiger partial charge in [-0.05, 0) is 121 Å². The van der Waals surface area contributed by atoms with Gasteiger partial charge in [0.2, 0.25) is 0 Å². The molecule has 0 aliphatic heterocycles. The van der Waals surface area contributed by atoms with E-state index in [9.17, 15) is 10.2 Å². The molecule has 2 N–H and O–H groups in total. The van der Waals surface area contributed by atoms with Crippen LogP contribution in [0, 0.1) is 10.8 Å². The molecule has 6 rings (SSSR count). The Kier molecular flexibility index (Phi) is 13.4. The van der Waals surface area contributed by atoms with Crippen LogP contribution in [-0.4, -0.2) is 42.5 Å². The van der Waals surface area contributed by atoms with Gasteiger partial charge >= 0.3 is 0 Å². The Morgan fingerprint density at radius 3 is 1.30 bits per heavy atom. The van der Waals surface area contributed by atoms with Gasteiger partial charge in [0, 0.05) is 80.6 Å². The van der Waals surface area contributed by atoms with Crippen molar-refractivity contribution < 1.29 is 10.2 Å². The average Bonchev–Trinajstić information content (AvgIpc) is 3.61. The lowest BCUT2D eigenvalue weighted by Crippen LogP contribution is -2.20. The van der Waals surface area contributed by atoms with E-state index < -0.39 is 0 Å². The quantitative estimate of drug-likeness (QED) is 0.129. The van der Waals surface area contributed by atoms with Crippen molar-refractivity contribution in [2.75, 3.05) is 13.2 Å². The lowest BCUT2D eigenvalue weighted by molar-refractivity contribution is 0.160. The summed E-state index contributed by atoms with van der Waals surface area (Å²) in [5.41, 5.74) is 11.8. The molecular formula is C46H58Br2N4O2. The molecule has 0 spiro atoms. The number of hydrogen-bond donors (Lipinski definition) is 2. The Labute approximate surface area is 339 Å². The number of hydrogen-bond acceptors (Lipinski definition) is 4. The Balaban J connectivity index is 0.000000208. The van der Waals surface area contributed by atoms with E-state index >= 15 is 0 Å². The van der Waals surface area contributed by atoms with Gasteiger partial charge in [-0.15, -0.1) is 0 Å². The van der Waals surface area contributed by atoms with Crippen LogP contribution in [0.4, 0.5) is 0 Å². The molecule has 0 saturated carbocycles. The van der Waals surface area contributed by atoms with Crippen LogP contribution in [0.3, 0.4) is 0 Å². The summed E-state index contributed by atoms with van der Waals surface area (Å²) in [6, 6.07) is 21.4. The first kappa shape index (κ1) is 41.9. The largest absolute Gasteiger partial charge is 0.396 e. The van der Waals surface area contributed by atoms with Crippen molar-refractivity contribution in [3.8, 4) is 22.5 Å². The van der Waals surface area contributed by atoms with Gasteiger partial charge in [0.25, 0.3) is 0 Å². The second kappa shape index (κ2) is 17.2. The molecular weight excluding hydrogens is 800 g/mol. The molecule has 4 heterocycles. The van der Waals surface area contributed by atoms with Crippen LogP contribution < -0.4 is 0 Å². The van der Waals surface area contributed by atoms with Gasteiger partial charge in [0.15, 0.2) is 0 Å². The van der Waals surface area contributed by atoms with Crippen molar-refractivity contribution >= 4 is 53.7 Å². The number of rotatable bonds is 12. The van der Waals surface area contributed by atoms with E-state index in [1.54, 1.807) is 0 Å². The molecule has 0 fully saturated rings. The van der Waals surface area contributed by atoms with Gasteiger partial charge < -0.3 is 19.3 Å². The first-order valence-corrected chi connectivity index (χ1v) is 20.9. The molecule has 8 heteroatoms. The summed E-state index contributed by atoms with van der Waals surface area (Å²) in [5.74, 6) is 0.685. The number of pyridine rings is 2. The third-order valence-electron chi connectivity index (χ3n) is 10.3. The summed E-state index contributed by atoms with van der Waals surface area (Å²) in [5, 5.41) is 22.3. The summed E-state index contributed by atoms with van der Waals surface area (Å²) in [7, 11) is 0. The van der Waals surface area contributed by atoms with Crippen molar-refractivity contribution in [1.82, 2.24) is 19.1 Å². The first-order chi connectivity index (χ1) is 25.6. The van der Waals surface area contributed by atoms with Gasteiger partial charge in [-0.3, -0.25) is 9.97 Å². The number of benzene rings is 2. The van der Waals surface area contributed by atoms with Crippen LogP contribution in [0.15, 0.2) is 82.0 Å². The molecule has 0 atom stereocenters. The van der Waals surface area contributed by atoms with Crippen molar-refractivity contribution in [1.29, 1.82) is 0 Å². The zero-order valence-electron chi connectivity index (χ0n) is 33.8. The molecule has 0 bridgehead atoms. The smallest absolute Gasteiger partial charge is 0.0542 e. The van der Waals surface area contributed by atoms with Gasteiger partial charge in [-0.2, -0.15) is 0 Å². The van der Waals surface area contributed by atoms with E-state index in [0.29, 0.717) is 11.8 Å². The minimum absolute atomic E-state index is 0.156. The van der Waals surface area contributed by atoms with Crippen LogP contribution in [0.5, 0.6) is 0 Å². The molecule has 288 valence electrons. The number of fused-ring (bicyclic) bond motifs is 2. The number of aliphatic hydroxyl groups excluding tert-OH is 2. The Hall–Kier alpha value is -3.30. The number of halogens is 2. The summed E-state index contributed by atoms with van der Waals surface area (Å²) in [6.45, 7) is 23.7. The van der Waals surface area contributed by atoms with Crippen LogP contribution in [0.2, 0.25) is 0 Å². The predicted molar refractivity (Wildman–Crippen MR) is 234 cm³/mol. The lowest BCUT2D eigenvalue weighted by atomic mass is 9.84. The van der Waals surface area contributed by atoms with E-state index in [-0.39, 0.29) is 24.0 Å². The van der Waals surface area contributed by atoms with Gasteiger partial charge in [-0.25, -0.2) is 0 Å². The third-order valence-corrected chi connectivity index (χ3v) is 11.3. The molecule has 6 aromatic rings.